The van der Waals surface area contributed by atoms with Gasteiger partial charge in [0.05, 0.1) is 0 Å². The second-order valence-electron chi connectivity index (χ2n) is 4.29. The van der Waals surface area contributed by atoms with Crippen molar-refractivity contribution in [3.63, 3.8) is 0 Å². The predicted molar refractivity (Wildman–Crippen MR) is 53.5 cm³/mol. The molecule has 1 amide bonds. The van der Waals surface area contributed by atoms with E-state index >= 15 is 0 Å². The van der Waals surface area contributed by atoms with Gasteiger partial charge in [0.25, 0.3) is 0 Å². The molecule has 1 saturated heterocycles. The lowest BCUT2D eigenvalue weighted by molar-refractivity contribution is -0.119. The minimum Gasteiger partial charge on any atom is -0.356 e. The molecule has 1 rings (SSSR count). The van der Waals surface area contributed by atoms with Gasteiger partial charge in [-0.1, -0.05) is 6.92 Å². The van der Waals surface area contributed by atoms with Crippen LogP contribution in [-0.2, 0) is 4.79 Å². The van der Waals surface area contributed by atoms with E-state index in [1.807, 2.05) is 0 Å². The van der Waals surface area contributed by atoms with Crippen LogP contribution in [-0.4, -0.2) is 25.5 Å². The number of nitrogens with one attached hydrogen (secondary N) is 2. The summed E-state index contributed by atoms with van der Waals surface area (Å²) in [6.45, 7) is 6.96. The van der Waals surface area contributed by atoms with Gasteiger partial charge in [0, 0.05) is 13.5 Å². The molecule has 0 radical (unpaired) electrons. The smallest absolute Gasteiger partial charge is 0.216 e. The Labute approximate surface area is 80.3 Å². The van der Waals surface area contributed by atoms with Crippen LogP contribution < -0.4 is 10.6 Å². The fourth-order valence-electron chi connectivity index (χ4n) is 1.82. The Hall–Kier alpha value is -0.570. The van der Waals surface area contributed by atoms with Crippen molar-refractivity contribution in [3.8, 4) is 0 Å². The van der Waals surface area contributed by atoms with E-state index < -0.39 is 0 Å². The van der Waals surface area contributed by atoms with Crippen molar-refractivity contribution in [2.45, 2.75) is 33.1 Å². The molecule has 0 aromatic carbocycles. The molecule has 1 heterocycles. The summed E-state index contributed by atoms with van der Waals surface area (Å²) in [4.78, 5) is 10.7. The van der Waals surface area contributed by atoms with E-state index in [1.54, 1.807) is 6.92 Å². The number of hydrogen-bond acceptors (Lipinski definition) is 2. The maximum absolute atomic E-state index is 10.7. The lowest BCUT2D eigenvalue weighted by Crippen LogP contribution is -2.37. The van der Waals surface area contributed by atoms with Crippen molar-refractivity contribution in [2.75, 3.05) is 19.6 Å². The summed E-state index contributed by atoms with van der Waals surface area (Å²) in [7, 11) is 0. The van der Waals surface area contributed by atoms with Gasteiger partial charge >= 0.3 is 0 Å². The normalized spacial score (nSPS) is 21.1. The average Bonchev–Trinajstić information content (AvgIpc) is 2.04. The van der Waals surface area contributed by atoms with Crippen LogP contribution in [0.3, 0.4) is 0 Å². The molecule has 0 bridgehead atoms. The minimum absolute atomic E-state index is 0.0811. The molecule has 3 heteroatoms. The van der Waals surface area contributed by atoms with E-state index in [2.05, 4.69) is 17.6 Å². The lowest BCUT2D eigenvalue weighted by Gasteiger charge is -2.34. The third kappa shape index (κ3) is 3.77. The monoisotopic (exact) mass is 184 g/mol. The Bertz CT molecular complexity index is 174. The van der Waals surface area contributed by atoms with E-state index in [4.69, 9.17) is 0 Å². The first-order valence-corrected chi connectivity index (χ1v) is 5.08. The van der Waals surface area contributed by atoms with Crippen LogP contribution in [0.2, 0.25) is 0 Å². The Morgan fingerprint density at radius 2 is 2.08 bits per heavy atom. The quantitative estimate of drug-likeness (QED) is 0.684. The number of carbonyl (C=O) groups is 1. The Kier molecular flexibility index (Phi) is 3.72. The fourth-order valence-corrected chi connectivity index (χ4v) is 1.82. The van der Waals surface area contributed by atoms with Crippen molar-refractivity contribution >= 4 is 5.91 Å². The van der Waals surface area contributed by atoms with Gasteiger partial charge in [-0.25, -0.2) is 0 Å². The maximum Gasteiger partial charge on any atom is 0.216 e. The zero-order valence-corrected chi connectivity index (χ0v) is 8.65. The molecule has 3 nitrogen and oxygen atoms in total. The summed E-state index contributed by atoms with van der Waals surface area (Å²) in [5.74, 6) is 0.0811. The van der Waals surface area contributed by atoms with E-state index in [0.29, 0.717) is 5.41 Å². The van der Waals surface area contributed by atoms with Crippen molar-refractivity contribution < 1.29 is 4.79 Å². The van der Waals surface area contributed by atoms with Crippen LogP contribution in [0.1, 0.15) is 33.1 Å². The van der Waals surface area contributed by atoms with Crippen LogP contribution in [0.25, 0.3) is 0 Å². The molecule has 0 aromatic rings. The number of amides is 1. The SMILES string of the molecule is CC(=O)NCCC1(C)CCNCC1. The van der Waals surface area contributed by atoms with Crippen LogP contribution in [0.5, 0.6) is 0 Å². The Morgan fingerprint density at radius 3 is 2.62 bits per heavy atom. The average molecular weight is 184 g/mol. The zero-order valence-electron chi connectivity index (χ0n) is 8.65. The summed E-state index contributed by atoms with van der Waals surface area (Å²) >= 11 is 0. The molecule has 0 spiro atoms. The van der Waals surface area contributed by atoms with Crippen LogP contribution in [0.15, 0.2) is 0 Å². The highest BCUT2D eigenvalue weighted by molar-refractivity contribution is 5.72. The van der Waals surface area contributed by atoms with Gasteiger partial charge in [-0.05, 0) is 37.8 Å². The van der Waals surface area contributed by atoms with Crippen molar-refractivity contribution in [1.29, 1.82) is 0 Å². The molecule has 1 aliphatic rings. The summed E-state index contributed by atoms with van der Waals surface area (Å²) in [6, 6.07) is 0. The van der Waals surface area contributed by atoms with Crippen LogP contribution in [0, 0.1) is 5.41 Å². The highest BCUT2D eigenvalue weighted by Gasteiger charge is 2.25. The van der Waals surface area contributed by atoms with Gasteiger partial charge in [-0.15, -0.1) is 0 Å². The predicted octanol–water partition coefficient (Wildman–Crippen LogP) is 0.902. The molecule has 1 aliphatic heterocycles. The lowest BCUT2D eigenvalue weighted by atomic mass is 9.78. The number of piperidine rings is 1. The van der Waals surface area contributed by atoms with Crippen LogP contribution in [0.4, 0.5) is 0 Å². The Balaban J connectivity index is 2.21. The molecular formula is C10H20N2O. The summed E-state index contributed by atoms with van der Waals surface area (Å²) in [5.41, 5.74) is 0.438. The molecule has 2 N–H and O–H groups in total. The fraction of sp³-hybridized carbons (Fsp3) is 0.900. The first-order valence-electron chi connectivity index (χ1n) is 5.08. The van der Waals surface area contributed by atoms with Crippen LogP contribution >= 0.6 is 0 Å². The largest absolute Gasteiger partial charge is 0.356 e. The van der Waals surface area contributed by atoms with Gasteiger partial charge in [0.2, 0.25) is 5.91 Å². The molecule has 76 valence electrons. The molecule has 0 unspecified atom stereocenters. The van der Waals surface area contributed by atoms with Crippen molar-refractivity contribution in [3.05, 3.63) is 0 Å². The first kappa shape index (κ1) is 10.5. The maximum atomic E-state index is 10.7. The minimum atomic E-state index is 0.0811. The van der Waals surface area contributed by atoms with Gasteiger partial charge < -0.3 is 10.6 Å². The second kappa shape index (κ2) is 4.61. The van der Waals surface area contributed by atoms with Gasteiger partial charge in [-0.3, -0.25) is 4.79 Å². The van der Waals surface area contributed by atoms with E-state index in [9.17, 15) is 4.79 Å². The molecule has 0 aromatic heterocycles. The summed E-state index contributed by atoms with van der Waals surface area (Å²) < 4.78 is 0. The molecule has 0 atom stereocenters. The molecular weight excluding hydrogens is 164 g/mol. The van der Waals surface area contributed by atoms with Gasteiger partial charge in [-0.2, -0.15) is 0 Å². The summed E-state index contributed by atoms with van der Waals surface area (Å²) in [5, 5.41) is 6.21. The van der Waals surface area contributed by atoms with Crippen molar-refractivity contribution in [1.82, 2.24) is 10.6 Å². The first-order chi connectivity index (χ1) is 6.12. The molecule has 0 saturated carbocycles. The third-order valence-corrected chi connectivity index (χ3v) is 2.91. The van der Waals surface area contributed by atoms with Gasteiger partial charge in [0.15, 0.2) is 0 Å². The highest BCUT2D eigenvalue weighted by Crippen LogP contribution is 2.30. The number of rotatable bonds is 3. The van der Waals surface area contributed by atoms with E-state index in [1.165, 1.54) is 12.8 Å². The zero-order chi connectivity index (χ0) is 9.73. The molecule has 1 fully saturated rings. The topological polar surface area (TPSA) is 41.1 Å². The molecule has 13 heavy (non-hydrogen) atoms. The summed E-state index contributed by atoms with van der Waals surface area (Å²) in [6.07, 6.45) is 3.56. The van der Waals surface area contributed by atoms with Crippen molar-refractivity contribution in [2.24, 2.45) is 5.41 Å². The third-order valence-electron chi connectivity index (χ3n) is 2.91. The highest BCUT2D eigenvalue weighted by atomic mass is 16.1. The molecule has 0 aliphatic carbocycles. The van der Waals surface area contributed by atoms with E-state index in [0.717, 1.165) is 26.1 Å². The second-order valence-corrected chi connectivity index (χ2v) is 4.29. The Morgan fingerprint density at radius 1 is 1.46 bits per heavy atom. The standard InChI is InChI=1S/C10H20N2O/c1-9(13)12-8-5-10(2)3-6-11-7-4-10/h11H,3-8H2,1-2H3,(H,12,13). The van der Waals surface area contributed by atoms with Gasteiger partial charge in [0.1, 0.15) is 0 Å². The number of carbonyl (C=O) groups excluding carboxylic acids is 1. The number of hydrogen-bond donors (Lipinski definition) is 2. The van der Waals surface area contributed by atoms with E-state index in [-0.39, 0.29) is 5.91 Å².